The van der Waals surface area contributed by atoms with Crippen molar-refractivity contribution in [3.8, 4) is 17.2 Å². The smallest absolute Gasteiger partial charge is 0.308 e. The number of ether oxygens (including phenoxy) is 5. The lowest BCUT2D eigenvalue weighted by Crippen LogP contribution is -2.27. The van der Waals surface area contributed by atoms with E-state index in [0.717, 1.165) is 24.0 Å². The van der Waals surface area contributed by atoms with Crippen molar-refractivity contribution in [2.75, 3.05) is 27.4 Å². The van der Waals surface area contributed by atoms with Gasteiger partial charge in [-0.3, -0.25) is 9.59 Å². The van der Waals surface area contributed by atoms with Gasteiger partial charge in [-0.05, 0) is 73.2 Å². The number of phenols is 1. The van der Waals surface area contributed by atoms with E-state index in [2.05, 4.69) is 0 Å². The number of hydrogen-bond acceptors (Lipinski definition) is 8. The number of carboxylic acids is 1. The molecule has 1 fully saturated rings. The number of carboxylic acid groups (broad SMARTS) is 1. The lowest BCUT2D eigenvalue weighted by molar-refractivity contribution is -0.146. The molecule has 1 aliphatic rings. The molecule has 0 heterocycles. The van der Waals surface area contributed by atoms with Crippen molar-refractivity contribution in [2.45, 2.75) is 50.9 Å². The Morgan fingerprint density at radius 3 is 2.02 bits per heavy atom. The van der Waals surface area contributed by atoms with Gasteiger partial charge in [-0.15, -0.1) is 0 Å². The summed E-state index contributed by atoms with van der Waals surface area (Å²) in [5.41, 5.74) is 1.62. The number of carbonyl (C=O) groups excluding carboxylic acids is 1. The van der Waals surface area contributed by atoms with Crippen LogP contribution in [0.4, 0.5) is 4.39 Å². The number of benzene rings is 3. The summed E-state index contributed by atoms with van der Waals surface area (Å²) < 4.78 is 40.3. The Morgan fingerprint density at radius 1 is 0.884 bits per heavy atom. The van der Waals surface area contributed by atoms with Gasteiger partial charge in [-0.2, -0.15) is 0 Å². The number of aliphatic carboxylic acids is 1. The minimum Gasteiger partial charge on any atom is -0.508 e. The third-order valence-electron chi connectivity index (χ3n) is 6.75. The predicted molar refractivity (Wildman–Crippen MR) is 157 cm³/mol. The van der Waals surface area contributed by atoms with Crippen LogP contribution in [0.1, 0.15) is 55.9 Å². The van der Waals surface area contributed by atoms with E-state index in [-0.39, 0.29) is 42.6 Å². The van der Waals surface area contributed by atoms with Gasteiger partial charge in [0.2, 0.25) is 0 Å². The summed E-state index contributed by atoms with van der Waals surface area (Å²) in [5, 5.41) is 18.1. The van der Waals surface area contributed by atoms with E-state index in [9.17, 15) is 14.0 Å². The molecule has 43 heavy (non-hydrogen) atoms. The van der Waals surface area contributed by atoms with Crippen molar-refractivity contribution >= 4 is 11.9 Å². The third-order valence-corrected chi connectivity index (χ3v) is 6.75. The highest BCUT2D eigenvalue weighted by molar-refractivity contribution is 5.70. The van der Waals surface area contributed by atoms with E-state index in [1.165, 1.54) is 26.4 Å². The highest BCUT2D eigenvalue weighted by Gasteiger charge is 2.33. The Morgan fingerprint density at radius 2 is 1.49 bits per heavy atom. The molecule has 0 aromatic heterocycles. The lowest BCUT2D eigenvalue weighted by atomic mass is 10.1. The molecule has 0 bridgehead atoms. The van der Waals surface area contributed by atoms with Crippen LogP contribution in [-0.4, -0.2) is 55.7 Å². The standard InChI is InChI=1S/C21H23FO5.C12H16O4/c1-25-19(12-21(23)24)14-7-9-17(10-8-14)27-20(15-5-6-15)13-26-18-4-2-3-16(22)11-18;1-3-16-12(14)8-11(15-2)9-4-6-10(13)7-5-9/h2-4,7-11,15,19-20H,5-6,12-13H2,1H3,(H,23,24);4-7,11,13H,3,8H2,1-2H3. The predicted octanol–water partition coefficient (Wildman–Crippen LogP) is 6.26. The number of aromatic hydroxyl groups is 1. The number of phenolic OH excluding ortho intramolecular Hbond substituents is 1. The molecular weight excluding hydrogens is 559 g/mol. The summed E-state index contributed by atoms with van der Waals surface area (Å²) in [5.74, 6) is 0.250. The van der Waals surface area contributed by atoms with Crippen molar-refractivity contribution in [1.29, 1.82) is 0 Å². The fourth-order valence-corrected chi connectivity index (χ4v) is 4.30. The molecule has 0 saturated heterocycles. The first kappa shape index (κ1) is 33.4. The van der Waals surface area contributed by atoms with Gasteiger partial charge in [0.15, 0.2) is 0 Å². The Kier molecular flexibility index (Phi) is 13.3. The molecule has 10 heteroatoms. The van der Waals surface area contributed by atoms with Crippen LogP contribution in [0.2, 0.25) is 0 Å². The summed E-state index contributed by atoms with van der Waals surface area (Å²) in [7, 11) is 3.03. The molecule has 0 amide bonds. The molecule has 4 rings (SSSR count). The summed E-state index contributed by atoms with van der Waals surface area (Å²) in [6, 6.07) is 19.9. The summed E-state index contributed by atoms with van der Waals surface area (Å²) in [6.45, 7) is 2.47. The van der Waals surface area contributed by atoms with E-state index in [0.29, 0.717) is 30.6 Å². The zero-order valence-corrected chi connectivity index (χ0v) is 24.6. The first-order valence-corrected chi connectivity index (χ1v) is 14.1. The van der Waals surface area contributed by atoms with Crippen LogP contribution >= 0.6 is 0 Å². The highest BCUT2D eigenvalue weighted by Crippen LogP contribution is 2.36. The van der Waals surface area contributed by atoms with Crippen molar-refractivity contribution in [2.24, 2.45) is 5.92 Å². The molecule has 0 aliphatic heterocycles. The summed E-state index contributed by atoms with van der Waals surface area (Å²) in [6.07, 6.45) is 1.31. The first-order valence-electron chi connectivity index (χ1n) is 14.1. The normalized spacial score (nSPS) is 14.4. The largest absolute Gasteiger partial charge is 0.508 e. The average Bonchev–Trinajstić information content (AvgIpc) is 3.84. The van der Waals surface area contributed by atoms with E-state index < -0.39 is 12.1 Å². The highest BCUT2D eigenvalue weighted by atomic mass is 19.1. The van der Waals surface area contributed by atoms with Gasteiger partial charge in [0.1, 0.15) is 35.8 Å². The second-order valence-electron chi connectivity index (χ2n) is 9.98. The first-order chi connectivity index (χ1) is 20.7. The molecule has 3 aromatic carbocycles. The maximum Gasteiger partial charge on any atom is 0.308 e. The molecular formula is C33H39FO9. The molecule has 232 valence electrons. The second-order valence-corrected chi connectivity index (χ2v) is 9.98. The van der Waals surface area contributed by atoms with Crippen LogP contribution in [0.25, 0.3) is 0 Å². The molecule has 3 aromatic rings. The van der Waals surface area contributed by atoms with Crippen LogP contribution < -0.4 is 9.47 Å². The Hall–Kier alpha value is -4.15. The number of rotatable bonds is 15. The molecule has 0 spiro atoms. The number of methoxy groups -OCH3 is 2. The number of hydrogen-bond donors (Lipinski definition) is 2. The maximum absolute atomic E-state index is 13.3. The van der Waals surface area contributed by atoms with Crippen LogP contribution in [0.3, 0.4) is 0 Å². The van der Waals surface area contributed by atoms with Crippen LogP contribution in [-0.2, 0) is 23.8 Å². The second kappa shape index (κ2) is 17.1. The molecule has 2 N–H and O–H groups in total. The van der Waals surface area contributed by atoms with E-state index in [1.54, 1.807) is 55.5 Å². The van der Waals surface area contributed by atoms with Crippen molar-refractivity contribution < 1.29 is 47.9 Å². The zero-order valence-electron chi connectivity index (χ0n) is 24.6. The zero-order chi connectivity index (χ0) is 31.2. The van der Waals surface area contributed by atoms with Gasteiger partial charge in [0, 0.05) is 20.3 Å². The summed E-state index contributed by atoms with van der Waals surface area (Å²) in [4.78, 5) is 22.2. The van der Waals surface area contributed by atoms with Crippen LogP contribution in [0.15, 0.2) is 72.8 Å². The Bertz CT molecular complexity index is 1280. The number of halogens is 1. The fraction of sp³-hybridized carbons (Fsp3) is 0.394. The van der Waals surface area contributed by atoms with Gasteiger partial charge in [-0.1, -0.05) is 30.3 Å². The van der Waals surface area contributed by atoms with Gasteiger partial charge in [0.05, 0.1) is 31.7 Å². The van der Waals surface area contributed by atoms with Crippen molar-refractivity contribution in [3.05, 3.63) is 89.7 Å². The average molecular weight is 599 g/mol. The van der Waals surface area contributed by atoms with E-state index in [4.69, 9.17) is 33.9 Å². The maximum atomic E-state index is 13.3. The van der Waals surface area contributed by atoms with Gasteiger partial charge in [0.25, 0.3) is 0 Å². The van der Waals surface area contributed by atoms with Gasteiger partial charge in [-0.25, -0.2) is 4.39 Å². The van der Waals surface area contributed by atoms with E-state index in [1.807, 2.05) is 12.1 Å². The topological polar surface area (TPSA) is 121 Å². The Labute approximate surface area is 251 Å². The van der Waals surface area contributed by atoms with Crippen molar-refractivity contribution in [3.63, 3.8) is 0 Å². The summed E-state index contributed by atoms with van der Waals surface area (Å²) >= 11 is 0. The minimum atomic E-state index is -0.912. The minimum absolute atomic E-state index is 0.0944. The van der Waals surface area contributed by atoms with Crippen LogP contribution in [0.5, 0.6) is 17.2 Å². The SMILES string of the molecule is CCOC(=O)CC(OC)c1ccc(O)cc1.COC(CC(=O)O)c1ccc(OC(COc2cccc(F)c2)C2CC2)cc1. The molecule has 9 nitrogen and oxygen atoms in total. The number of esters is 1. The lowest BCUT2D eigenvalue weighted by Gasteiger charge is -2.20. The van der Waals surface area contributed by atoms with Crippen LogP contribution in [0, 0.1) is 11.7 Å². The fourth-order valence-electron chi connectivity index (χ4n) is 4.30. The monoisotopic (exact) mass is 598 g/mol. The Balaban J connectivity index is 0.000000271. The molecule has 1 saturated carbocycles. The van der Waals surface area contributed by atoms with Crippen molar-refractivity contribution in [1.82, 2.24) is 0 Å². The van der Waals surface area contributed by atoms with Gasteiger partial charge < -0.3 is 33.9 Å². The molecule has 1 aliphatic carbocycles. The molecule has 3 atom stereocenters. The number of carbonyl (C=O) groups is 2. The molecule has 0 radical (unpaired) electrons. The van der Waals surface area contributed by atoms with E-state index >= 15 is 0 Å². The van der Waals surface area contributed by atoms with Gasteiger partial charge >= 0.3 is 11.9 Å². The third kappa shape index (κ3) is 11.6. The quantitative estimate of drug-likeness (QED) is 0.195. The molecule has 3 unspecified atom stereocenters.